The Hall–Kier alpha value is -0.220. The van der Waals surface area contributed by atoms with Crippen molar-refractivity contribution in [3.8, 4) is 0 Å². The van der Waals surface area contributed by atoms with Crippen molar-refractivity contribution in [1.82, 2.24) is 10.2 Å². The third kappa shape index (κ3) is 5.17. The highest BCUT2D eigenvalue weighted by atomic mass is 35.5. The molecule has 1 aromatic carbocycles. The van der Waals surface area contributed by atoms with E-state index in [1.165, 1.54) is 18.7 Å². The van der Waals surface area contributed by atoms with Gasteiger partial charge in [0.15, 0.2) is 0 Å². The highest BCUT2D eigenvalue weighted by Gasteiger charge is 2.23. The molecule has 21 heavy (non-hydrogen) atoms. The molecule has 1 saturated heterocycles. The van der Waals surface area contributed by atoms with Gasteiger partial charge in [-0.2, -0.15) is 11.8 Å². The first kappa shape index (κ1) is 17.1. The van der Waals surface area contributed by atoms with Crippen LogP contribution < -0.4 is 5.32 Å². The summed E-state index contributed by atoms with van der Waals surface area (Å²) < 4.78 is 0. The molecule has 1 aliphatic rings. The predicted octanol–water partition coefficient (Wildman–Crippen LogP) is 4.21. The highest BCUT2D eigenvalue weighted by Crippen LogP contribution is 2.28. The maximum atomic E-state index is 6.37. The van der Waals surface area contributed by atoms with Crippen LogP contribution in [-0.2, 0) is 0 Å². The van der Waals surface area contributed by atoms with Gasteiger partial charge in [0.05, 0.1) is 0 Å². The van der Waals surface area contributed by atoms with Crippen LogP contribution in [0.3, 0.4) is 0 Å². The summed E-state index contributed by atoms with van der Waals surface area (Å²) in [5.74, 6) is 0. The second-order valence-electron chi connectivity index (χ2n) is 5.94. The van der Waals surface area contributed by atoms with Gasteiger partial charge in [-0.15, -0.1) is 0 Å². The monoisotopic (exact) mass is 326 g/mol. The van der Waals surface area contributed by atoms with Crippen molar-refractivity contribution in [3.63, 3.8) is 0 Å². The van der Waals surface area contributed by atoms with Gasteiger partial charge in [-0.25, -0.2) is 0 Å². The molecule has 0 radical (unpaired) electrons. The maximum Gasteiger partial charge on any atom is 0.0453 e. The number of hydrogen-bond acceptors (Lipinski definition) is 3. The molecule has 3 unspecified atom stereocenters. The van der Waals surface area contributed by atoms with E-state index in [0.29, 0.717) is 6.04 Å². The van der Waals surface area contributed by atoms with E-state index in [-0.39, 0.29) is 0 Å². The predicted molar refractivity (Wildman–Crippen MR) is 95.4 cm³/mol. The molecule has 4 heteroatoms. The SMILES string of the molecule is CCNC(CCN1CC(C)SC(C)C1)c1ccccc1Cl. The zero-order chi connectivity index (χ0) is 15.2. The van der Waals surface area contributed by atoms with Crippen LogP contribution in [0.2, 0.25) is 5.02 Å². The summed E-state index contributed by atoms with van der Waals surface area (Å²) in [6, 6.07) is 8.56. The number of rotatable bonds is 6. The van der Waals surface area contributed by atoms with Crippen molar-refractivity contribution in [2.24, 2.45) is 0 Å². The van der Waals surface area contributed by atoms with Crippen molar-refractivity contribution < 1.29 is 0 Å². The Morgan fingerprint density at radius 3 is 2.57 bits per heavy atom. The van der Waals surface area contributed by atoms with Gasteiger partial charge in [0, 0.05) is 41.2 Å². The standard InChI is InChI=1S/C17H27ClN2S/c1-4-19-17(15-7-5-6-8-16(15)18)9-10-20-11-13(2)21-14(3)12-20/h5-8,13-14,17,19H,4,9-12H2,1-3H3. The first-order valence-corrected chi connectivity index (χ1v) is 9.27. The van der Waals surface area contributed by atoms with E-state index in [2.05, 4.69) is 54.9 Å². The number of nitrogens with zero attached hydrogens (tertiary/aromatic N) is 1. The Morgan fingerprint density at radius 2 is 1.95 bits per heavy atom. The Bertz CT molecular complexity index is 431. The lowest BCUT2D eigenvalue weighted by Crippen LogP contribution is -2.41. The van der Waals surface area contributed by atoms with Gasteiger partial charge >= 0.3 is 0 Å². The average Bonchev–Trinajstić information content (AvgIpc) is 2.43. The molecule has 1 heterocycles. The summed E-state index contributed by atoms with van der Waals surface area (Å²) in [5.41, 5.74) is 1.23. The van der Waals surface area contributed by atoms with Gasteiger partial charge in [-0.1, -0.05) is 50.6 Å². The Labute approximate surface area is 138 Å². The lowest BCUT2D eigenvalue weighted by Gasteiger charge is -2.35. The molecule has 1 aliphatic heterocycles. The summed E-state index contributed by atoms with van der Waals surface area (Å²) in [6.07, 6.45) is 1.11. The fourth-order valence-corrected chi connectivity index (χ4v) is 4.80. The van der Waals surface area contributed by atoms with E-state index in [4.69, 9.17) is 11.6 Å². The first-order chi connectivity index (χ1) is 10.1. The van der Waals surface area contributed by atoms with Crippen molar-refractivity contribution in [1.29, 1.82) is 0 Å². The molecule has 0 aromatic heterocycles. The van der Waals surface area contributed by atoms with Gasteiger partial charge in [0.2, 0.25) is 0 Å². The number of halogens is 1. The van der Waals surface area contributed by atoms with E-state index in [1.807, 2.05) is 12.1 Å². The molecule has 118 valence electrons. The van der Waals surface area contributed by atoms with Crippen LogP contribution in [-0.4, -0.2) is 41.6 Å². The van der Waals surface area contributed by atoms with Gasteiger partial charge < -0.3 is 10.2 Å². The third-order valence-electron chi connectivity index (χ3n) is 3.96. The van der Waals surface area contributed by atoms with Crippen LogP contribution >= 0.6 is 23.4 Å². The molecule has 1 N–H and O–H groups in total. The van der Waals surface area contributed by atoms with Gasteiger partial charge in [0.25, 0.3) is 0 Å². The molecule has 0 saturated carbocycles. The summed E-state index contributed by atoms with van der Waals surface area (Å²) in [4.78, 5) is 2.60. The topological polar surface area (TPSA) is 15.3 Å². The molecule has 0 bridgehead atoms. The van der Waals surface area contributed by atoms with Gasteiger partial charge in [0.1, 0.15) is 0 Å². The molecule has 0 aliphatic carbocycles. The van der Waals surface area contributed by atoms with Crippen LogP contribution in [0.4, 0.5) is 0 Å². The maximum absolute atomic E-state index is 6.37. The molecule has 3 atom stereocenters. The highest BCUT2D eigenvalue weighted by molar-refractivity contribution is 8.00. The van der Waals surface area contributed by atoms with E-state index >= 15 is 0 Å². The zero-order valence-electron chi connectivity index (χ0n) is 13.3. The molecule has 2 nitrogen and oxygen atoms in total. The van der Waals surface area contributed by atoms with Crippen LogP contribution in [0.1, 0.15) is 38.8 Å². The zero-order valence-corrected chi connectivity index (χ0v) is 14.9. The molecule has 2 rings (SSSR count). The largest absolute Gasteiger partial charge is 0.310 e. The number of benzene rings is 1. The second-order valence-corrected chi connectivity index (χ2v) is 8.23. The van der Waals surface area contributed by atoms with E-state index in [9.17, 15) is 0 Å². The third-order valence-corrected chi connectivity index (χ3v) is 5.53. The first-order valence-electron chi connectivity index (χ1n) is 7.95. The van der Waals surface area contributed by atoms with Crippen molar-refractivity contribution in [3.05, 3.63) is 34.9 Å². The quantitative estimate of drug-likeness (QED) is 0.843. The summed E-state index contributed by atoms with van der Waals surface area (Å²) >= 11 is 8.48. The molecule has 1 aromatic rings. The van der Waals surface area contributed by atoms with Crippen LogP contribution in [0.15, 0.2) is 24.3 Å². The Kier molecular flexibility index (Phi) is 6.87. The minimum atomic E-state index is 0.351. The van der Waals surface area contributed by atoms with Gasteiger partial charge in [-0.3, -0.25) is 0 Å². The Morgan fingerprint density at radius 1 is 1.29 bits per heavy atom. The Balaban J connectivity index is 1.96. The molecule has 0 spiro atoms. The normalized spacial score (nSPS) is 25.0. The van der Waals surface area contributed by atoms with Crippen molar-refractivity contribution >= 4 is 23.4 Å². The van der Waals surface area contributed by atoms with Crippen LogP contribution in [0, 0.1) is 0 Å². The number of hydrogen-bond donors (Lipinski definition) is 1. The number of nitrogens with one attached hydrogen (secondary N) is 1. The van der Waals surface area contributed by atoms with E-state index in [0.717, 1.165) is 35.0 Å². The smallest absolute Gasteiger partial charge is 0.0453 e. The fourth-order valence-electron chi connectivity index (χ4n) is 3.15. The van der Waals surface area contributed by atoms with Crippen LogP contribution in [0.25, 0.3) is 0 Å². The minimum Gasteiger partial charge on any atom is -0.310 e. The molecule has 0 amide bonds. The fraction of sp³-hybridized carbons (Fsp3) is 0.647. The lowest BCUT2D eigenvalue weighted by molar-refractivity contribution is 0.254. The van der Waals surface area contributed by atoms with Crippen molar-refractivity contribution in [2.45, 2.75) is 43.7 Å². The number of thioether (sulfide) groups is 1. The van der Waals surface area contributed by atoms with Gasteiger partial charge in [-0.05, 0) is 24.6 Å². The summed E-state index contributed by atoms with van der Waals surface area (Å²) in [6.45, 7) is 11.3. The molecule has 1 fully saturated rings. The van der Waals surface area contributed by atoms with Crippen LogP contribution in [0.5, 0.6) is 0 Å². The summed E-state index contributed by atoms with van der Waals surface area (Å²) in [7, 11) is 0. The minimum absolute atomic E-state index is 0.351. The van der Waals surface area contributed by atoms with Crippen molar-refractivity contribution in [2.75, 3.05) is 26.2 Å². The summed E-state index contributed by atoms with van der Waals surface area (Å²) in [5, 5.41) is 5.94. The average molecular weight is 327 g/mol. The van der Waals surface area contributed by atoms with E-state index in [1.54, 1.807) is 0 Å². The molecular formula is C17H27ClN2S. The lowest BCUT2D eigenvalue weighted by atomic mass is 10.0. The second kappa shape index (κ2) is 8.42. The van der Waals surface area contributed by atoms with E-state index < -0.39 is 0 Å². The molecular weight excluding hydrogens is 300 g/mol.